The molecule has 0 atom stereocenters. The van der Waals surface area contributed by atoms with Crippen LogP contribution in [-0.4, -0.2) is 39.8 Å². The molecule has 2 rings (SSSR count). The fourth-order valence-corrected chi connectivity index (χ4v) is 2.32. The van der Waals surface area contributed by atoms with Gasteiger partial charge in [-0.05, 0) is 29.8 Å². The Morgan fingerprint density at radius 2 is 1.63 bits per heavy atom. The van der Waals surface area contributed by atoms with E-state index in [0.717, 1.165) is 6.07 Å². The first-order chi connectivity index (χ1) is 13.0. The first-order valence-electron chi connectivity index (χ1n) is 7.97. The summed E-state index contributed by atoms with van der Waals surface area (Å²) >= 11 is 0. The predicted octanol–water partition coefficient (Wildman–Crippen LogP) is 2.32. The molecule has 0 aromatic heterocycles. The van der Waals surface area contributed by atoms with E-state index in [-0.39, 0.29) is 12.1 Å². The second-order valence-corrected chi connectivity index (χ2v) is 5.37. The number of hydrogen-bond acceptors (Lipinski definition) is 6. The highest BCUT2D eigenvalue weighted by atomic mass is 19.1. The molecule has 0 saturated carbocycles. The molecule has 0 fully saturated rings. The quantitative estimate of drug-likeness (QED) is 0.711. The maximum absolute atomic E-state index is 13.5. The summed E-state index contributed by atoms with van der Waals surface area (Å²) < 4.78 is 34.0. The van der Waals surface area contributed by atoms with Crippen molar-refractivity contribution in [3.63, 3.8) is 0 Å². The zero-order chi connectivity index (χ0) is 19.8. The lowest BCUT2D eigenvalue weighted by molar-refractivity contribution is -0.124. The van der Waals surface area contributed by atoms with Crippen LogP contribution >= 0.6 is 0 Å². The molecule has 2 aromatic carbocycles. The van der Waals surface area contributed by atoms with Crippen LogP contribution in [0.4, 0.5) is 4.39 Å². The lowest BCUT2D eigenvalue weighted by Gasteiger charge is -2.14. The van der Waals surface area contributed by atoms with Gasteiger partial charge in [-0.3, -0.25) is 4.79 Å². The van der Waals surface area contributed by atoms with Crippen molar-refractivity contribution in [1.29, 1.82) is 0 Å². The van der Waals surface area contributed by atoms with E-state index < -0.39 is 24.3 Å². The third-order valence-electron chi connectivity index (χ3n) is 3.64. The van der Waals surface area contributed by atoms with Gasteiger partial charge in [-0.15, -0.1) is 0 Å². The minimum Gasteiger partial charge on any atom is -0.493 e. The highest BCUT2D eigenvalue weighted by Gasteiger charge is 2.15. The van der Waals surface area contributed by atoms with E-state index in [4.69, 9.17) is 18.9 Å². The maximum atomic E-state index is 13.5. The monoisotopic (exact) mass is 377 g/mol. The maximum Gasteiger partial charge on any atom is 0.341 e. The van der Waals surface area contributed by atoms with E-state index in [1.54, 1.807) is 12.1 Å². The highest BCUT2D eigenvalue weighted by Crippen LogP contribution is 2.38. The van der Waals surface area contributed by atoms with Crippen molar-refractivity contribution < 1.29 is 32.9 Å². The average Bonchev–Trinajstić information content (AvgIpc) is 2.69. The number of amides is 1. The number of rotatable bonds is 8. The van der Waals surface area contributed by atoms with Gasteiger partial charge in [0.1, 0.15) is 5.82 Å². The molecule has 0 saturated heterocycles. The Morgan fingerprint density at radius 3 is 2.19 bits per heavy atom. The first-order valence-corrected chi connectivity index (χ1v) is 7.97. The highest BCUT2D eigenvalue weighted by molar-refractivity contribution is 5.91. The smallest absolute Gasteiger partial charge is 0.341 e. The summed E-state index contributed by atoms with van der Waals surface area (Å²) in [6.45, 7) is -0.385. The molecule has 2 aromatic rings. The van der Waals surface area contributed by atoms with E-state index in [0.29, 0.717) is 22.8 Å². The summed E-state index contributed by atoms with van der Waals surface area (Å²) in [5.41, 5.74) is 0.466. The predicted molar refractivity (Wildman–Crippen MR) is 94.6 cm³/mol. The van der Waals surface area contributed by atoms with Gasteiger partial charge in [-0.1, -0.05) is 12.1 Å². The molecule has 8 heteroatoms. The largest absolute Gasteiger partial charge is 0.493 e. The molecule has 144 valence electrons. The van der Waals surface area contributed by atoms with E-state index in [1.165, 1.54) is 39.5 Å². The number of esters is 1. The van der Waals surface area contributed by atoms with Crippen molar-refractivity contribution >= 4 is 11.9 Å². The number of benzene rings is 2. The van der Waals surface area contributed by atoms with Crippen LogP contribution in [0.25, 0.3) is 0 Å². The Labute approximate surface area is 156 Å². The standard InChI is InChI=1S/C19H20FNO6/c1-24-15-8-12(9-16(25-2)18(15)26-3)10-21-17(22)11-27-19(23)13-6-4-5-7-14(13)20/h4-9H,10-11H2,1-3H3,(H,21,22). The van der Waals surface area contributed by atoms with Gasteiger partial charge in [0.25, 0.3) is 5.91 Å². The molecular weight excluding hydrogens is 357 g/mol. The average molecular weight is 377 g/mol. The Morgan fingerprint density at radius 1 is 1.00 bits per heavy atom. The molecule has 0 unspecified atom stereocenters. The normalized spacial score (nSPS) is 10.1. The van der Waals surface area contributed by atoms with Crippen LogP contribution in [0.15, 0.2) is 36.4 Å². The fourth-order valence-electron chi connectivity index (χ4n) is 2.32. The number of ether oxygens (including phenoxy) is 4. The van der Waals surface area contributed by atoms with E-state index in [1.807, 2.05) is 0 Å². The fraction of sp³-hybridized carbons (Fsp3) is 0.263. The summed E-state index contributed by atoms with van der Waals surface area (Å²) in [5, 5.41) is 2.60. The molecular formula is C19H20FNO6. The van der Waals surface area contributed by atoms with Gasteiger partial charge in [0.2, 0.25) is 5.75 Å². The zero-order valence-corrected chi connectivity index (χ0v) is 15.2. The van der Waals surface area contributed by atoms with E-state index >= 15 is 0 Å². The van der Waals surface area contributed by atoms with Crippen molar-refractivity contribution in [3.8, 4) is 17.2 Å². The molecule has 7 nitrogen and oxygen atoms in total. The van der Waals surface area contributed by atoms with Gasteiger partial charge < -0.3 is 24.3 Å². The minimum absolute atomic E-state index is 0.146. The zero-order valence-electron chi connectivity index (χ0n) is 15.2. The molecule has 0 bridgehead atoms. The third-order valence-corrected chi connectivity index (χ3v) is 3.64. The number of halogens is 1. The lowest BCUT2D eigenvalue weighted by atomic mass is 10.1. The molecule has 0 spiro atoms. The number of nitrogens with one attached hydrogen (secondary N) is 1. The Hall–Kier alpha value is -3.29. The SMILES string of the molecule is COc1cc(CNC(=O)COC(=O)c2ccccc2F)cc(OC)c1OC. The van der Waals surface area contributed by atoms with Crippen LogP contribution in [0, 0.1) is 5.82 Å². The Bertz CT molecular complexity index is 799. The number of methoxy groups -OCH3 is 3. The van der Waals surface area contributed by atoms with Gasteiger partial charge >= 0.3 is 5.97 Å². The topological polar surface area (TPSA) is 83.1 Å². The lowest BCUT2D eigenvalue weighted by Crippen LogP contribution is -2.28. The summed E-state index contributed by atoms with van der Waals surface area (Å²) in [7, 11) is 4.47. The second kappa shape index (κ2) is 9.42. The number of carbonyl (C=O) groups is 2. The molecule has 0 radical (unpaired) electrons. The number of carbonyl (C=O) groups excluding carboxylic acids is 2. The van der Waals surface area contributed by atoms with E-state index in [2.05, 4.69) is 5.32 Å². The molecule has 0 heterocycles. The Kier molecular flexibility index (Phi) is 6.99. The minimum atomic E-state index is -0.906. The van der Waals surface area contributed by atoms with Gasteiger partial charge in [-0.2, -0.15) is 0 Å². The van der Waals surface area contributed by atoms with Crippen LogP contribution in [-0.2, 0) is 16.1 Å². The molecule has 0 aliphatic carbocycles. The first kappa shape index (κ1) is 20.0. The second-order valence-electron chi connectivity index (χ2n) is 5.37. The molecule has 1 N–H and O–H groups in total. The van der Waals surface area contributed by atoms with Crippen LogP contribution in [0.2, 0.25) is 0 Å². The van der Waals surface area contributed by atoms with Crippen LogP contribution in [0.1, 0.15) is 15.9 Å². The van der Waals surface area contributed by atoms with Gasteiger partial charge in [0.15, 0.2) is 18.1 Å². The van der Waals surface area contributed by atoms with Crippen molar-refractivity contribution in [1.82, 2.24) is 5.32 Å². The van der Waals surface area contributed by atoms with Gasteiger partial charge in [0, 0.05) is 6.54 Å². The van der Waals surface area contributed by atoms with Gasteiger partial charge in [-0.25, -0.2) is 9.18 Å². The van der Waals surface area contributed by atoms with E-state index in [9.17, 15) is 14.0 Å². The molecule has 0 aliphatic heterocycles. The summed E-state index contributed by atoms with van der Waals surface area (Å²) in [6.07, 6.45) is 0. The van der Waals surface area contributed by atoms with Gasteiger partial charge in [0.05, 0.1) is 26.9 Å². The molecule has 1 amide bonds. The van der Waals surface area contributed by atoms with Crippen LogP contribution < -0.4 is 19.5 Å². The van der Waals surface area contributed by atoms with Crippen LogP contribution in [0.5, 0.6) is 17.2 Å². The van der Waals surface area contributed by atoms with Crippen molar-refractivity contribution in [2.75, 3.05) is 27.9 Å². The summed E-state index contributed by atoms with van der Waals surface area (Å²) in [6, 6.07) is 8.76. The van der Waals surface area contributed by atoms with Crippen molar-refractivity contribution in [2.45, 2.75) is 6.54 Å². The number of hydrogen-bond donors (Lipinski definition) is 1. The molecule has 27 heavy (non-hydrogen) atoms. The van der Waals surface area contributed by atoms with Crippen LogP contribution in [0.3, 0.4) is 0 Å². The molecule has 0 aliphatic rings. The summed E-state index contributed by atoms with van der Waals surface area (Å²) in [4.78, 5) is 23.7. The third kappa shape index (κ3) is 5.10. The van der Waals surface area contributed by atoms with Crippen molar-refractivity contribution in [2.24, 2.45) is 0 Å². The van der Waals surface area contributed by atoms with Crippen molar-refractivity contribution in [3.05, 3.63) is 53.3 Å². The Balaban J connectivity index is 1.94. The summed E-state index contributed by atoms with van der Waals surface area (Å²) in [5.74, 6) is -0.808.